The zero-order valence-electron chi connectivity index (χ0n) is 17.2. The lowest BCUT2D eigenvalue weighted by Gasteiger charge is -2.35. The van der Waals surface area contributed by atoms with Crippen LogP contribution in [-0.4, -0.2) is 59.9 Å². The highest BCUT2D eigenvalue weighted by molar-refractivity contribution is 6.01. The number of piperazine rings is 1. The molecule has 7 heteroatoms. The molecule has 1 aromatic heterocycles. The van der Waals surface area contributed by atoms with E-state index in [2.05, 4.69) is 0 Å². The summed E-state index contributed by atoms with van der Waals surface area (Å²) in [6.07, 6.45) is 0.275. The molecular formula is C22H26N2O5. The predicted octanol–water partition coefficient (Wildman–Crippen LogP) is 3.76. The van der Waals surface area contributed by atoms with Gasteiger partial charge in [-0.2, -0.15) is 0 Å². The second-order valence-electron chi connectivity index (χ2n) is 8.08. The van der Waals surface area contributed by atoms with Crippen LogP contribution < -0.4 is 0 Å². The van der Waals surface area contributed by atoms with Crippen LogP contribution in [0, 0.1) is 6.92 Å². The summed E-state index contributed by atoms with van der Waals surface area (Å²) in [4.78, 5) is 39.8. The van der Waals surface area contributed by atoms with Gasteiger partial charge in [-0.05, 0) is 51.5 Å². The quantitative estimate of drug-likeness (QED) is 0.736. The molecule has 0 bridgehead atoms. The van der Waals surface area contributed by atoms with E-state index in [0.29, 0.717) is 49.4 Å². The van der Waals surface area contributed by atoms with Gasteiger partial charge in [-0.3, -0.25) is 9.59 Å². The first-order chi connectivity index (χ1) is 13.7. The summed E-state index contributed by atoms with van der Waals surface area (Å²) in [5.74, 6) is 0.574. The molecule has 2 amide bonds. The van der Waals surface area contributed by atoms with E-state index < -0.39 is 5.60 Å². The first-order valence-corrected chi connectivity index (χ1v) is 9.62. The third-order valence-electron chi connectivity index (χ3n) is 4.71. The van der Waals surface area contributed by atoms with Crippen LogP contribution in [0.5, 0.6) is 0 Å². The van der Waals surface area contributed by atoms with Crippen molar-refractivity contribution >= 4 is 18.3 Å². The molecule has 0 saturated carbocycles. The van der Waals surface area contributed by atoms with Crippen molar-refractivity contribution in [1.82, 2.24) is 9.80 Å². The van der Waals surface area contributed by atoms with E-state index in [1.54, 1.807) is 28.0 Å². The second kappa shape index (κ2) is 8.11. The molecule has 1 aromatic carbocycles. The van der Waals surface area contributed by atoms with E-state index in [-0.39, 0.29) is 17.8 Å². The Hall–Kier alpha value is -3.09. The van der Waals surface area contributed by atoms with Crippen LogP contribution in [0.3, 0.4) is 0 Å². The molecule has 2 heterocycles. The molecule has 7 nitrogen and oxygen atoms in total. The second-order valence-corrected chi connectivity index (χ2v) is 8.08. The lowest BCUT2D eigenvalue weighted by atomic mass is 9.98. The molecule has 1 aliphatic heterocycles. The highest BCUT2D eigenvalue weighted by Crippen LogP contribution is 2.30. The monoisotopic (exact) mass is 398 g/mol. The van der Waals surface area contributed by atoms with E-state index in [1.165, 1.54) is 0 Å². The standard InChI is InChI=1S/C22H26N2O5/c1-15-6-5-7-17(19(15)18-9-8-16(14-25)28-18)20(26)23-10-12-24(13-11-23)21(27)29-22(2,3)4/h5-9,14H,10-13H2,1-4H3. The molecule has 0 N–H and O–H groups in total. The number of rotatable bonds is 3. The molecule has 0 spiro atoms. The molecule has 0 atom stereocenters. The van der Waals surface area contributed by atoms with Crippen LogP contribution in [0.1, 0.15) is 47.2 Å². The van der Waals surface area contributed by atoms with Crippen molar-refractivity contribution in [1.29, 1.82) is 0 Å². The highest BCUT2D eigenvalue weighted by atomic mass is 16.6. The zero-order valence-corrected chi connectivity index (χ0v) is 17.2. The van der Waals surface area contributed by atoms with E-state index in [4.69, 9.17) is 9.15 Å². The van der Waals surface area contributed by atoms with Gasteiger partial charge in [-0.15, -0.1) is 0 Å². The van der Waals surface area contributed by atoms with Crippen molar-refractivity contribution in [3.8, 4) is 11.3 Å². The van der Waals surface area contributed by atoms with Gasteiger partial charge in [0, 0.05) is 31.7 Å². The summed E-state index contributed by atoms with van der Waals surface area (Å²) in [5, 5.41) is 0. The minimum atomic E-state index is -0.552. The summed E-state index contributed by atoms with van der Waals surface area (Å²) in [5.41, 5.74) is 1.53. The van der Waals surface area contributed by atoms with Crippen molar-refractivity contribution in [2.24, 2.45) is 0 Å². The van der Waals surface area contributed by atoms with Crippen molar-refractivity contribution in [3.05, 3.63) is 47.2 Å². The lowest BCUT2D eigenvalue weighted by Crippen LogP contribution is -2.51. The Labute approximate surface area is 170 Å². The van der Waals surface area contributed by atoms with Crippen molar-refractivity contribution in [2.45, 2.75) is 33.3 Å². The molecular weight excluding hydrogens is 372 g/mol. The fourth-order valence-corrected chi connectivity index (χ4v) is 3.31. The number of nitrogens with zero attached hydrogens (tertiary/aromatic N) is 2. The molecule has 0 radical (unpaired) electrons. The number of aryl methyl sites for hydroxylation is 1. The Bertz CT molecular complexity index is 918. The lowest BCUT2D eigenvalue weighted by molar-refractivity contribution is 0.0141. The van der Waals surface area contributed by atoms with Gasteiger partial charge >= 0.3 is 6.09 Å². The van der Waals surface area contributed by atoms with E-state index in [1.807, 2.05) is 39.8 Å². The maximum Gasteiger partial charge on any atom is 0.410 e. The molecule has 3 rings (SSSR count). The van der Waals surface area contributed by atoms with Crippen molar-refractivity contribution in [3.63, 3.8) is 0 Å². The van der Waals surface area contributed by atoms with Gasteiger partial charge in [0.25, 0.3) is 5.91 Å². The number of carbonyl (C=O) groups excluding carboxylic acids is 3. The van der Waals surface area contributed by atoms with E-state index >= 15 is 0 Å². The number of ether oxygens (including phenoxy) is 1. The summed E-state index contributed by atoms with van der Waals surface area (Å²) >= 11 is 0. The van der Waals surface area contributed by atoms with Gasteiger partial charge in [-0.1, -0.05) is 12.1 Å². The normalized spacial score (nSPS) is 14.6. The SMILES string of the molecule is Cc1cccc(C(=O)N2CCN(C(=O)OC(C)(C)C)CC2)c1-c1ccc(C=O)o1. The number of furan rings is 1. The van der Waals surface area contributed by atoms with Gasteiger partial charge in [0.15, 0.2) is 12.0 Å². The van der Waals surface area contributed by atoms with Crippen LogP contribution in [-0.2, 0) is 4.74 Å². The molecule has 1 saturated heterocycles. The Kier molecular flexibility index (Phi) is 5.77. The average molecular weight is 398 g/mol. The number of aldehydes is 1. The summed E-state index contributed by atoms with van der Waals surface area (Å²) in [7, 11) is 0. The van der Waals surface area contributed by atoms with Crippen LogP contribution in [0.2, 0.25) is 0 Å². The van der Waals surface area contributed by atoms with Gasteiger partial charge in [0.2, 0.25) is 0 Å². The molecule has 0 aliphatic carbocycles. The van der Waals surface area contributed by atoms with Crippen LogP contribution in [0.15, 0.2) is 34.7 Å². The molecule has 29 heavy (non-hydrogen) atoms. The first kappa shape index (κ1) is 20.6. The average Bonchev–Trinajstić information content (AvgIpc) is 3.14. The Morgan fingerprint density at radius 2 is 1.69 bits per heavy atom. The fourth-order valence-electron chi connectivity index (χ4n) is 3.31. The molecule has 1 fully saturated rings. The minimum Gasteiger partial charge on any atom is -0.453 e. The maximum absolute atomic E-state index is 13.2. The van der Waals surface area contributed by atoms with Gasteiger partial charge < -0.3 is 19.0 Å². The molecule has 154 valence electrons. The third-order valence-corrected chi connectivity index (χ3v) is 4.71. The number of carbonyl (C=O) groups is 3. The zero-order chi connectivity index (χ0) is 21.2. The van der Waals surface area contributed by atoms with Gasteiger partial charge in [0.05, 0.1) is 5.56 Å². The van der Waals surface area contributed by atoms with Crippen LogP contribution in [0.4, 0.5) is 4.79 Å². The Morgan fingerprint density at radius 1 is 1.03 bits per heavy atom. The summed E-state index contributed by atoms with van der Waals surface area (Å²) < 4.78 is 11.0. The van der Waals surface area contributed by atoms with Crippen LogP contribution >= 0.6 is 0 Å². The Balaban J connectivity index is 1.76. The minimum absolute atomic E-state index is 0.128. The fraction of sp³-hybridized carbons (Fsp3) is 0.409. The number of amides is 2. The Morgan fingerprint density at radius 3 is 2.28 bits per heavy atom. The van der Waals surface area contributed by atoms with E-state index in [0.717, 1.165) is 5.56 Å². The van der Waals surface area contributed by atoms with Crippen molar-refractivity contribution < 1.29 is 23.5 Å². The molecule has 0 unspecified atom stereocenters. The number of benzene rings is 1. The smallest absolute Gasteiger partial charge is 0.410 e. The first-order valence-electron chi connectivity index (χ1n) is 9.62. The van der Waals surface area contributed by atoms with Crippen LogP contribution in [0.25, 0.3) is 11.3 Å². The highest BCUT2D eigenvalue weighted by Gasteiger charge is 2.29. The van der Waals surface area contributed by atoms with Gasteiger partial charge in [0.1, 0.15) is 11.4 Å². The largest absolute Gasteiger partial charge is 0.453 e. The van der Waals surface area contributed by atoms with Crippen molar-refractivity contribution in [2.75, 3.05) is 26.2 Å². The molecule has 1 aliphatic rings. The number of hydrogen-bond acceptors (Lipinski definition) is 5. The summed E-state index contributed by atoms with van der Waals surface area (Å²) in [6, 6.07) is 8.77. The van der Waals surface area contributed by atoms with E-state index in [9.17, 15) is 14.4 Å². The van der Waals surface area contributed by atoms with Gasteiger partial charge in [-0.25, -0.2) is 4.79 Å². The maximum atomic E-state index is 13.2. The number of hydrogen-bond donors (Lipinski definition) is 0. The third kappa shape index (κ3) is 4.67. The summed E-state index contributed by atoms with van der Waals surface area (Å²) in [6.45, 7) is 9.05. The molecule has 2 aromatic rings. The predicted molar refractivity (Wildman–Crippen MR) is 108 cm³/mol. The topological polar surface area (TPSA) is 80.1 Å².